The van der Waals surface area contributed by atoms with Gasteiger partial charge in [0.2, 0.25) is 22.9 Å². The number of benzene rings is 1. The minimum atomic E-state index is -0.281. The second-order valence-corrected chi connectivity index (χ2v) is 5.79. The van der Waals surface area contributed by atoms with Crippen LogP contribution in [0.5, 0.6) is 0 Å². The molecule has 11 heteroatoms. The zero-order valence-electron chi connectivity index (χ0n) is 13.8. The number of nitrogens with zero attached hydrogens (tertiary/aromatic N) is 5. The van der Waals surface area contributed by atoms with Gasteiger partial charge in [0.1, 0.15) is 5.52 Å². The molecule has 0 fully saturated rings. The van der Waals surface area contributed by atoms with Crippen molar-refractivity contribution >= 4 is 34.5 Å². The molecular formula is C16H13ClN8O2. The molecule has 27 heavy (non-hydrogen) atoms. The quantitative estimate of drug-likeness (QED) is 0.428. The summed E-state index contributed by atoms with van der Waals surface area (Å²) < 4.78 is 5.15. The van der Waals surface area contributed by atoms with E-state index in [0.29, 0.717) is 28.7 Å². The Hall–Kier alpha value is -3.53. The largest absolute Gasteiger partial charge is 0.359 e. The van der Waals surface area contributed by atoms with Gasteiger partial charge in [-0.1, -0.05) is 35.5 Å². The number of aromatic amines is 1. The third-order valence-corrected chi connectivity index (χ3v) is 3.78. The molecule has 136 valence electrons. The summed E-state index contributed by atoms with van der Waals surface area (Å²) in [7, 11) is 0. The van der Waals surface area contributed by atoms with Gasteiger partial charge in [-0.15, -0.1) is 0 Å². The molecule has 10 nitrogen and oxygen atoms in total. The van der Waals surface area contributed by atoms with E-state index in [4.69, 9.17) is 16.1 Å². The van der Waals surface area contributed by atoms with Crippen LogP contribution >= 0.6 is 11.6 Å². The van der Waals surface area contributed by atoms with Crippen molar-refractivity contribution in [2.24, 2.45) is 0 Å². The highest BCUT2D eigenvalue weighted by Gasteiger charge is 2.12. The molecule has 0 aliphatic carbocycles. The summed E-state index contributed by atoms with van der Waals surface area (Å²) >= 11 is 5.85. The second kappa shape index (κ2) is 7.38. The molecule has 0 atom stereocenters. The van der Waals surface area contributed by atoms with Gasteiger partial charge in [-0.05, 0) is 11.6 Å². The first-order chi connectivity index (χ1) is 13.2. The number of rotatable bonds is 6. The topological polar surface area (TPSA) is 135 Å². The fraction of sp³-hybridized carbons (Fsp3) is 0.125. The van der Waals surface area contributed by atoms with Crippen LogP contribution < -0.4 is 10.6 Å². The minimum Gasteiger partial charge on any atom is -0.359 e. The number of carbonyl (C=O) groups is 1. The van der Waals surface area contributed by atoms with Crippen molar-refractivity contribution in [3.05, 3.63) is 47.8 Å². The van der Waals surface area contributed by atoms with E-state index in [9.17, 15) is 4.79 Å². The lowest BCUT2D eigenvalue weighted by Crippen LogP contribution is -2.29. The fourth-order valence-electron chi connectivity index (χ4n) is 2.37. The number of halogens is 1. The normalized spacial score (nSPS) is 10.9. The lowest BCUT2D eigenvalue weighted by atomic mass is 10.2. The summed E-state index contributed by atoms with van der Waals surface area (Å²) in [6.07, 6.45) is 1.47. The number of anilines is 1. The van der Waals surface area contributed by atoms with Gasteiger partial charge in [0.25, 0.3) is 0 Å². The zero-order chi connectivity index (χ0) is 18.6. The maximum absolute atomic E-state index is 12.1. The summed E-state index contributed by atoms with van der Waals surface area (Å²) in [6, 6.07) is 9.42. The Balaban J connectivity index is 1.34. The first-order valence-electron chi connectivity index (χ1n) is 7.94. The Morgan fingerprint density at radius 1 is 1.19 bits per heavy atom. The van der Waals surface area contributed by atoms with E-state index in [1.54, 1.807) is 0 Å². The smallest absolute Gasteiger partial charge is 0.246 e. The van der Waals surface area contributed by atoms with E-state index in [1.807, 2.05) is 30.3 Å². The standard InChI is InChI=1S/C16H13ClN8O2/c17-16-23-14(12-15(24-16)21-8-20-12)19-6-10(26)18-7-11-22-13(25-27-11)9-4-2-1-3-5-9/h1-5,8H,6-7H2,(H,18,26)(H2,19,20,21,23,24). The van der Waals surface area contributed by atoms with Crippen molar-refractivity contribution < 1.29 is 9.32 Å². The van der Waals surface area contributed by atoms with Gasteiger partial charge in [0, 0.05) is 5.56 Å². The molecule has 1 aromatic carbocycles. The third-order valence-electron chi connectivity index (χ3n) is 3.61. The van der Waals surface area contributed by atoms with E-state index in [-0.39, 0.29) is 24.3 Å². The predicted molar refractivity (Wildman–Crippen MR) is 96.8 cm³/mol. The number of hydrogen-bond donors (Lipinski definition) is 3. The molecule has 3 aromatic heterocycles. The first kappa shape index (κ1) is 16.9. The van der Waals surface area contributed by atoms with Crippen LogP contribution in [0.25, 0.3) is 22.6 Å². The molecule has 0 saturated heterocycles. The number of carbonyl (C=O) groups excluding carboxylic acids is 1. The summed E-state index contributed by atoms with van der Waals surface area (Å²) in [5.41, 5.74) is 1.82. The van der Waals surface area contributed by atoms with E-state index in [2.05, 4.69) is 40.7 Å². The highest BCUT2D eigenvalue weighted by atomic mass is 35.5. The molecule has 0 aliphatic rings. The van der Waals surface area contributed by atoms with Crippen LogP contribution in [0.2, 0.25) is 5.28 Å². The molecule has 0 unspecified atom stereocenters. The van der Waals surface area contributed by atoms with Crippen molar-refractivity contribution in [2.45, 2.75) is 6.54 Å². The maximum atomic E-state index is 12.1. The SMILES string of the molecule is O=C(CNc1nc(Cl)nc2nc[nH]c12)NCc1nc(-c2ccccc2)no1. The van der Waals surface area contributed by atoms with Gasteiger partial charge in [-0.25, -0.2) is 4.98 Å². The Labute approximate surface area is 157 Å². The van der Waals surface area contributed by atoms with Crippen LogP contribution in [0.4, 0.5) is 5.82 Å². The molecule has 0 spiro atoms. The van der Waals surface area contributed by atoms with Crippen molar-refractivity contribution in [1.82, 2.24) is 35.4 Å². The van der Waals surface area contributed by atoms with E-state index >= 15 is 0 Å². The van der Waals surface area contributed by atoms with Gasteiger partial charge in [-0.3, -0.25) is 4.79 Å². The summed E-state index contributed by atoms with van der Waals surface area (Å²) in [5.74, 6) is 0.886. The lowest BCUT2D eigenvalue weighted by molar-refractivity contribution is -0.119. The highest BCUT2D eigenvalue weighted by Crippen LogP contribution is 2.18. The number of amides is 1. The van der Waals surface area contributed by atoms with Crippen molar-refractivity contribution in [3.63, 3.8) is 0 Å². The molecule has 4 aromatic rings. The summed E-state index contributed by atoms with van der Waals surface area (Å²) in [4.78, 5) is 31.2. The minimum absolute atomic E-state index is 0.0266. The van der Waals surface area contributed by atoms with Gasteiger partial charge < -0.3 is 20.1 Å². The van der Waals surface area contributed by atoms with Crippen molar-refractivity contribution in [3.8, 4) is 11.4 Å². The number of H-pyrrole nitrogens is 1. The Morgan fingerprint density at radius 3 is 2.89 bits per heavy atom. The molecule has 0 aliphatic heterocycles. The summed E-state index contributed by atoms with van der Waals surface area (Å²) in [6.45, 7) is 0.0888. The predicted octanol–water partition coefficient (Wildman–Crippen LogP) is 1.78. The molecule has 0 bridgehead atoms. The number of nitrogens with one attached hydrogen (secondary N) is 3. The molecule has 0 radical (unpaired) electrons. The van der Waals surface area contributed by atoms with E-state index in [1.165, 1.54) is 6.33 Å². The van der Waals surface area contributed by atoms with E-state index < -0.39 is 0 Å². The average Bonchev–Trinajstić information content (AvgIpc) is 3.34. The van der Waals surface area contributed by atoms with Gasteiger partial charge in [-0.2, -0.15) is 15.0 Å². The third kappa shape index (κ3) is 3.85. The lowest BCUT2D eigenvalue weighted by Gasteiger charge is -2.06. The molecular weight excluding hydrogens is 372 g/mol. The average molecular weight is 385 g/mol. The number of aromatic nitrogens is 6. The van der Waals surface area contributed by atoms with E-state index in [0.717, 1.165) is 5.56 Å². The van der Waals surface area contributed by atoms with Crippen LogP contribution in [0.3, 0.4) is 0 Å². The number of imidazole rings is 1. The van der Waals surface area contributed by atoms with Gasteiger partial charge in [0.15, 0.2) is 11.5 Å². The Kier molecular flexibility index (Phi) is 4.62. The first-order valence-corrected chi connectivity index (χ1v) is 8.32. The van der Waals surface area contributed by atoms with Crippen molar-refractivity contribution in [2.75, 3.05) is 11.9 Å². The molecule has 4 rings (SSSR count). The van der Waals surface area contributed by atoms with Gasteiger partial charge in [0.05, 0.1) is 19.4 Å². The molecule has 3 N–H and O–H groups in total. The zero-order valence-corrected chi connectivity index (χ0v) is 14.6. The van der Waals surface area contributed by atoms with Crippen LogP contribution in [0.15, 0.2) is 41.2 Å². The second-order valence-electron chi connectivity index (χ2n) is 5.45. The summed E-state index contributed by atoms with van der Waals surface area (Å²) in [5, 5.41) is 9.53. The van der Waals surface area contributed by atoms with Crippen LogP contribution in [-0.2, 0) is 11.3 Å². The highest BCUT2D eigenvalue weighted by molar-refractivity contribution is 6.28. The Bertz CT molecular complexity index is 1080. The number of hydrogen-bond acceptors (Lipinski definition) is 8. The van der Waals surface area contributed by atoms with Crippen LogP contribution in [0.1, 0.15) is 5.89 Å². The van der Waals surface area contributed by atoms with Crippen LogP contribution in [-0.4, -0.2) is 42.5 Å². The number of fused-ring (bicyclic) bond motifs is 1. The Morgan fingerprint density at radius 2 is 2.04 bits per heavy atom. The molecule has 1 amide bonds. The molecule has 3 heterocycles. The fourth-order valence-corrected chi connectivity index (χ4v) is 2.53. The monoisotopic (exact) mass is 384 g/mol. The van der Waals surface area contributed by atoms with Crippen molar-refractivity contribution in [1.29, 1.82) is 0 Å². The maximum Gasteiger partial charge on any atom is 0.246 e. The molecule has 0 saturated carbocycles. The van der Waals surface area contributed by atoms with Crippen LogP contribution in [0, 0.1) is 0 Å². The van der Waals surface area contributed by atoms with Gasteiger partial charge >= 0.3 is 0 Å².